The van der Waals surface area contributed by atoms with Crippen molar-refractivity contribution in [2.75, 3.05) is 46.4 Å². The van der Waals surface area contributed by atoms with Crippen LogP contribution in [0.25, 0.3) is 0 Å². The van der Waals surface area contributed by atoms with Gasteiger partial charge in [-0.15, -0.1) is 12.4 Å². The van der Waals surface area contributed by atoms with Crippen molar-refractivity contribution < 1.29 is 14.3 Å². The Kier molecular flexibility index (Phi) is 10.9. The van der Waals surface area contributed by atoms with Crippen molar-refractivity contribution in [3.05, 3.63) is 29.8 Å². The molecule has 0 saturated carbocycles. The van der Waals surface area contributed by atoms with E-state index in [1.165, 1.54) is 0 Å². The molecule has 0 bridgehead atoms. The third-order valence-corrected chi connectivity index (χ3v) is 4.75. The van der Waals surface area contributed by atoms with Crippen LogP contribution in [0.2, 0.25) is 0 Å². The Morgan fingerprint density at radius 2 is 1.82 bits per heavy atom. The first-order valence-corrected chi connectivity index (χ1v) is 9.67. The van der Waals surface area contributed by atoms with E-state index < -0.39 is 6.04 Å². The topological polar surface area (TPSA) is 82.7 Å². The zero-order valence-corrected chi connectivity index (χ0v) is 17.8. The maximum atomic E-state index is 12.5. The van der Waals surface area contributed by atoms with Crippen LogP contribution in [0.15, 0.2) is 24.3 Å². The van der Waals surface area contributed by atoms with Crippen LogP contribution in [0.3, 0.4) is 0 Å². The van der Waals surface area contributed by atoms with Crippen molar-refractivity contribution >= 4 is 24.2 Å². The first-order chi connectivity index (χ1) is 13.0. The Labute approximate surface area is 174 Å². The summed E-state index contributed by atoms with van der Waals surface area (Å²) < 4.78 is 5.10. The predicted octanol–water partition coefficient (Wildman–Crippen LogP) is 1.28. The fraction of sp³-hybridized carbons (Fsp3) is 0.600. The van der Waals surface area contributed by atoms with Crippen molar-refractivity contribution in [1.82, 2.24) is 20.9 Å². The van der Waals surface area contributed by atoms with Gasteiger partial charge in [-0.2, -0.15) is 0 Å². The second kappa shape index (κ2) is 12.6. The van der Waals surface area contributed by atoms with Crippen molar-refractivity contribution in [2.24, 2.45) is 5.92 Å². The minimum absolute atomic E-state index is 0. The zero-order chi connectivity index (χ0) is 19.6. The normalized spacial score (nSPS) is 15.4. The average Bonchev–Trinajstić information content (AvgIpc) is 2.69. The molecule has 1 heterocycles. The Hall–Kier alpha value is -1.83. The highest BCUT2D eigenvalue weighted by Crippen LogP contribution is 2.12. The molecule has 1 aliphatic heterocycles. The Balaban J connectivity index is 0.00000392. The third kappa shape index (κ3) is 7.66. The monoisotopic (exact) mass is 412 g/mol. The van der Waals surface area contributed by atoms with E-state index in [1.54, 1.807) is 31.4 Å². The van der Waals surface area contributed by atoms with Crippen LogP contribution < -0.4 is 20.7 Å². The van der Waals surface area contributed by atoms with E-state index >= 15 is 0 Å². The van der Waals surface area contributed by atoms with Gasteiger partial charge in [0, 0.05) is 38.3 Å². The number of hydrogen-bond acceptors (Lipinski definition) is 5. The average molecular weight is 413 g/mol. The minimum Gasteiger partial charge on any atom is -0.497 e. The smallest absolute Gasteiger partial charge is 0.251 e. The number of halogens is 1. The van der Waals surface area contributed by atoms with Gasteiger partial charge in [0.05, 0.1) is 7.11 Å². The summed E-state index contributed by atoms with van der Waals surface area (Å²) in [5.41, 5.74) is 0.507. The molecule has 0 spiro atoms. The molecule has 3 N–H and O–H groups in total. The fourth-order valence-electron chi connectivity index (χ4n) is 3.06. The van der Waals surface area contributed by atoms with Gasteiger partial charge in [0.2, 0.25) is 5.91 Å². The summed E-state index contributed by atoms with van der Waals surface area (Å²) in [5.74, 6) is 0.300. The molecule has 2 amide bonds. The molecule has 1 unspecified atom stereocenters. The third-order valence-electron chi connectivity index (χ3n) is 4.75. The summed E-state index contributed by atoms with van der Waals surface area (Å²) >= 11 is 0. The highest BCUT2D eigenvalue weighted by Gasteiger charge is 2.24. The van der Waals surface area contributed by atoms with E-state index in [0.29, 0.717) is 17.9 Å². The zero-order valence-electron chi connectivity index (χ0n) is 17.0. The highest BCUT2D eigenvalue weighted by molar-refractivity contribution is 5.97. The van der Waals surface area contributed by atoms with Gasteiger partial charge < -0.3 is 25.6 Å². The summed E-state index contributed by atoms with van der Waals surface area (Å²) in [7, 11) is 1.58. The molecule has 8 heteroatoms. The van der Waals surface area contributed by atoms with Crippen LogP contribution in [0, 0.1) is 5.92 Å². The lowest BCUT2D eigenvalue weighted by Gasteiger charge is -2.27. The van der Waals surface area contributed by atoms with E-state index in [-0.39, 0.29) is 30.1 Å². The van der Waals surface area contributed by atoms with Crippen molar-refractivity contribution in [1.29, 1.82) is 0 Å². The number of hydrogen-bond donors (Lipinski definition) is 3. The van der Waals surface area contributed by atoms with Gasteiger partial charge in [0.1, 0.15) is 11.8 Å². The Bertz CT molecular complexity index is 604. The summed E-state index contributed by atoms with van der Waals surface area (Å²) in [6.45, 7) is 9.62. The number of ether oxygens (including phenoxy) is 1. The molecule has 1 aromatic rings. The first kappa shape index (κ1) is 24.2. The SMILES string of the molecule is COc1ccc(C(=O)NC(C(=O)NCCCN2CCNCC2)C(C)C)cc1.Cl. The Morgan fingerprint density at radius 1 is 1.18 bits per heavy atom. The van der Waals surface area contributed by atoms with Crippen LogP contribution in [0.5, 0.6) is 5.75 Å². The summed E-state index contributed by atoms with van der Waals surface area (Å²) in [4.78, 5) is 27.4. The molecule has 0 aromatic heterocycles. The van der Waals surface area contributed by atoms with Crippen LogP contribution in [0.1, 0.15) is 30.6 Å². The number of carbonyl (C=O) groups excluding carboxylic acids is 2. The lowest BCUT2D eigenvalue weighted by molar-refractivity contribution is -0.123. The molecule has 7 nitrogen and oxygen atoms in total. The maximum Gasteiger partial charge on any atom is 0.251 e. The van der Waals surface area contributed by atoms with Gasteiger partial charge in [0.15, 0.2) is 0 Å². The molecule has 2 rings (SSSR count). The molecule has 158 valence electrons. The minimum atomic E-state index is -0.557. The van der Waals surface area contributed by atoms with Gasteiger partial charge in [0.25, 0.3) is 5.91 Å². The van der Waals surface area contributed by atoms with E-state index in [9.17, 15) is 9.59 Å². The molecule has 0 aliphatic carbocycles. The number of benzene rings is 1. The summed E-state index contributed by atoms with van der Waals surface area (Å²) in [6.07, 6.45) is 0.906. The predicted molar refractivity (Wildman–Crippen MR) is 113 cm³/mol. The standard InChI is InChI=1S/C20H32N4O3.ClH/c1-15(2)18(23-19(25)16-5-7-17(27-3)8-6-16)20(26)22-9-4-12-24-13-10-21-11-14-24;/h5-8,15,18,21H,4,9-14H2,1-3H3,(H,22,26)(H,23,25);1H. The maximum absolute atomic E-state index is 12.5. The van der Waals surface area contributed by atoms with Gasteiger partial charge >= 0.3 is 0 Å². The number of methoxy groups -OCH3 is 1. The quantitative estimate of drug-likeness (QED) is 0.532. The van der Waals surface area contributed by atoms with Crippen LogP contribution in [-0.4, -0.2) is 69.1 Å². The molecule has 1 fully saturated rings. The van der Waals surface area contributed by atoms with Crippen molar-refractivity contribution in [3.8, 4) is 5.75 Å². The largest absolute Gasteiger partial charge is 0.497 e. The fourth-order valence-corrected chi connectivity index (χ4v) is 3.06. The Morgan fingerprint density at radius 3 is 2.39 bits per heavy atom. The van der Waals surface area contributed by atoms with Gasteiger partial charge in [-0.05, 0) is 43.1 Å². The molecule has 1 aromatic carbocycles. The highest BCUT2D eigenvalue weighted by atomic mass is 35.5. The summed E-state index contributed by atoms with van der Waals surface area (Å²) in [5, 5.41) is 9.14. The second-order valence-corrected chi connectivity index (χ2v) is 7.16. The van der Waals surface area contributed by atoms with Gasteiger partial charge in [-0.25, -0.2) is 0 Å². The molecule has 1 atom stereocenters. The van der Waals surface area contributed by atoms with Crippen molar-refractivity contribution in [3.63, 3.8) is 0 Å². The van der Waals surface area contributed by atoms with Gasteiger partial charge in [-0.1, -0.05) is 13.8 Å². The number of rotatable bonds is 9. The van der Waals surface area contributed by atoms with E-state index in [0.717, 1.165) is 39.1 Å². The number of carbonyl (C=O) groups is 2. The molecular formula is C20H33ClN4O3. The number of piperazine rings is 1. The van der Waals surface area contributed by atoms with Crippen LogP contribution >= 0.6 is 12.4 Å². The number of nitrogens with one attached hydrogen (secondary N) is 3. The van der Waals surface area contributed by atoms with E-state index in [4.69, 9.17) is 4.74 Å². The molecule has 28 heavy (non-hydrogen) atoms. The number of nitrogens with zero attached hydrogens (tertiary/aromatic N) is 1. The molecule has 0 radical (unpaired) electrons. The van der Waals surface area contributed by atoms with Gasteiger partial charge in [-0.3, -0.25) is 9.59 Å². The lowest BCUT2D eigenvalue weighted by Crippen LogP contribution is -2.50. The second-order valence-electron chi connectivity index (χ2n) is 7.16. The van der Waals surface area contributed by atoms with E-state index in [1.807, 2.05) is 13.8 Å². The lowest BCUT2D eigenvalue weighted by atomic mass is 10.0. The number of amides is 2. The molecule has 1 aliphatic rings. The molecule has 1 saturated heterocycles. The summed E-state index contributed by atoms with van der Waals surface area (Å²) in [6, 6.07) is 6.29. The first-order valence-electron chi connectivity index (χ1n) is 9.67. The van der Waals surface area contributed by atoms with E-state index in [2.05, 4.69) is 20.9 Å². The van der Waals surface area contributed by atoms with Crippen LogP contribution in [-0.2, 0) is 4.79 Å². The van der Waals surface area contributed by atoms with Crippen molar-refractivity contribution in [2.45, 2.75) is 26.3 Å². The molecular weight excluding hydrogens is 380 g/mol. The van der Waals surface area contributed by atoms with Crippen LogP contribution in [0.4, 0.5) is 0 Å².